The molecule has 0 fully saturated rings. The van der Waals surface area contributed by atoms with Gasteiger partial charge in [-0.25, -0.2) is 4.98 Å². The summed E-state index contributed by atoms with van der Waals surface area (Å²) < 4.78 is 0.980. The number of carbonyl (C=O) groups excluding carboxylic acids is 1. The van der Waals surface area contributed by atoms with Crippen LogP contribution in [0, 0.1) is 24.0 Å². The van der Waals surface area contributed by atoms with Gasteiger partial charge in [0, 0.05) is 17.6 Å². The van der Waals surface area contributed by atoms with Gasteiger partial charge in [0.2, 0.25) is 0 Å². The summed E-state index contributed by atoms with van der Waals surface area (Å²) in [6.45, 7) is 5.16. The molecule has 0 spiro atoms. The lowest BCUT2D eigenvalue weighted by molar-refractivity contribution is -0.385. The number of halogens is 1. The highest BCUT2D eigenvalue weighted by Gasteiger charge is 2.28. The van der Waals surface area contributed by atoms with Crippen molar-refractivity contribution in [3.8, 4) is 0 Å². The van der Waals surface area contributed by atoms with Crippen LogP contribution in [0.4, 0.5) is 10.8 Å². The van der Waals surface area contributed by atoms with E-state index in [0.29, 0.717) is 18.1 Å². The fourth-order valence-electron chi connectivity index (χ4n) is 3.29. The lowest BCUT2D eigenvalue weighted by atomic mass is 10.1. The summed E-state index contributed by atoms with van der Waals surface area (Å²) in [5.74, 6) is -0.476. The van der Waals surface area contributed by atoms with Gasteiger partial charge in [-0.05, 0) is 70.2 Å². The van der Waals surface area contributed by atoms with Gasteiger partial charge in [-0.2, -0.15) is 0 Å². The average Bonchev–Trinajstić information content (AvgIpc) is 3.08. The number of benzene rings is 2. The minimum Gasteiger partial charge on any atom is -0.309 e. The number of hydrogen-bond acceptors (Lipinski definition) is 6. The van der Waals surface area contributed by atoms with Crippen molar-refractivity contribution in [2.45, 2.75) is 20.3 Å². The number of rotatable bonds is 7. The second-order valence-electron chi connectivity index (χ2n) is 7.46. The molecule has 0 saturated heterocycles. The number of amides is 1. The van der Waals surface area contributed by atoms with Crippen LogP contribution in [0.5, 0.6) is 0 Å². The number of aromatic nitrogens is 1. The van der Waals surface area contributed by atoms with Crippen molar-refractivity contribution in [2.75, 3.05) is 32.1 Å². The van der Waals surface area contributed by atoms with E-state index in [0.717, 1.165) is 27.9 Å². The lowest BCUT2D eigenvalue weighted by Crippen LogP contribution is -2.33. The highest BCUT2D eigenvalue weighted by Crippen LogP contribution is 2.34. The van der Waals surface area contributed by atoms with Crippen LogP contribution in [0.15, 0.2) is 30.3 Å². The van der Waals surface area contributed by atoms with E-state index in [1.165, 1.54) is 34.4 Å². The Balaban J connectivity index is 2.07. The number of nitrogens with zero attached hydrogens (tertiary/aromatic N) is 4. The van der Waals surface area contributed by atoms with E-state index >= 15 is 0 Å². The quantitative estimate of drug-likeness (QED) is 0.373. The normalized spacial score (nSPS) is 11.3. The van der Waals surface area contributed by atoms with Crippen LogP contribution in [-0.4, -0.2) is 47.9 Å². The fraction of sp³-hybridized carbons (Fsp3) is 0.333. The van der Waals surface area contributed by atoms with Crippen molar-refractivity contribution < 1.29 is 9.72 Å². The van der Waals surface area contributed by atoms with Gasteiger partial charge in [0.25, 0.3) is 11.6 Å². The van der Waals surface area contributed by atoms with Crippen molar-refractivity contribution in [1.29, 1.82) is 0 Å². The molecule has 1 heterocycles. The summed E-state index contributed by atoms with van der Waals surface area (Å²) in [5, 5.41) is 12.3. The summed E-state index contributed by atoms with van der Waals surface area (Å²) in [7, 11) is 3.91. The van der Waals surface area contributed by atoms with E-state index < -0.39 is 10.8 Å². The van der Waals surface area contributed by atoms with E-state index in [1.807, 2.05) is 45.0 Å². The number of nitro groups is 1. The molecule has 0 bridgehead atoms. The van der Waals surface area contributed by atoms with Gasteiger partial charge >= 0.3 is 0 Å². The molecule has 0 saturated carbocycles. The van der Waals surface area contributed by atoms with Crippen LogP contribution in [0.25, 0.3) is 10.2 Å². The topological polar surface area (TPSA) is 79.6 Å². The van der Waals surface area contributed by atoms with Gasteiger partial charge in [0.15, 0.2) is 5.13 Å². The minimum absolute atomic E-state index is 0.0375. The Morgan fingerprint density at radius 3 is 2.60 bits per heavy atom. The summed E-state index contributed by atoms with van der Waals surface area (Å²) in [4.78, 5) is 32.6. The largest absolute Gasteiger partial charge is 0.309 e. The first-order chi connectivity index (χ1) is 14.2. The van der Waals surface area contributed by atoms with E-state index in [2.05, 4.69) is 0 Å². The maximum atomic E-state index is 13.4. The molecule has 1 aromatic heterocycles. The Bertz CT molecular complexity index is 1110. The van der Waals surface area contributed by atoms with Crippen molar-refractivity contribution in [1.82, 2.24) is 9.88 Å². The third-order valence-corrected chi connectivity index (χ3v) is 5.93. The summed E-state index contributed by atoms with van der Waals surface area (Å²) >= 11 is 7.46. The predicted molar refractivity (Wildman–Crippen MR) is 122 cm³/mol. The van der Waals surface area contributed by atoms with Crippen molar-refractivity contribution in [2.24, 2.45) is 0 Å². The number of fused-ring (bicyclic) bond motifs is 1. The highest BCUT2D eigenvalue weighted by atomic mass is 35.5. The molecule has 3 rings (SSSR count). The molecule has 9 heteroatoms. The fourth-order valence-corrected chi connectivity index (χ4v) is 4.63. The molecule has 0 N–H and O–H groups in total. The van der Waals surface area contributed by atoms with Crippen LogP contribution < -0.4 is 4.90 Å². The summed E-state index contributed by atoms with van der Waals surface area (Å²) in [5.41, 5.74) is 2.68. The van der Waals surface area contributed by atoms with Gasteiger partial charge in [-0.1, -0.05) is 29.0 Å². The molecule has 30 heavy (non-hydrogen) atoms. The third-order valence-electron chi connectivity index (χ3n) is 4.67. The zero-order valence-electron chi connectivity index (χ0n) is 17.3. The molecule has 158 valence electrons. The lowest BCUT2D eigenvalue weighted by Gasteiger charge is -2.21. The number of thiazole rings is 1. The van der Waals surface area contributed by atoms with Gasteiger partial charge < -0.3 is 4.90 Å². The molecule has 0 unspecified atom stereocenters. The van der Waals surface area contributed by atoms with Crippen molar-refractivity contribution in [3.63, 3.8) is 0 Å². The van der Waals surface area contributed by atoms with Crippen molar-refractivity contribution >= 4 is 49.9 Å². The molecule has 0 aliphatic carbocycles. The van der Waals surface area contributed by atoms with E-state index in [1.54, 1.807) is 0 Å². The molecule has 3 aromatic rings. The Hall–Kier alpha value is -2.55. The molecule has 0 aliphatic heterocycles. The maximum Gasteiger partial charge on any atom is 0.282 e. The molecular formula is C21H23ClN4O3S. The Kier molecular flexibility index (Phi) is 6.70. The van der Waals surface area contributed by atoms with Gasteiger partial charge in [0.1, 0.15) is 5.56 Å². The van der Waals surface area contributed by atoms with Crippen LogP contribution in [0.3, 0.4) is 0 Å². The first kappa shape index (κ1) is 22.1. The van der Waals surface area contributed by atoms with Crippen LogP contribution in [0.2, 0.25) is 5.02 Å². The number of hydrogen-bond donors (Lipinski definition) is 0. The second kappa shape index (κ2) is 9.07. The summed E-state index contributed by atoms with van der Waals surface area (Å²) in [6, 6.07) is 8.11. The Morgan fingerprint density at radius 2 is 1.93 bits per heavy atom. The average molecular weight is 447 g/mol. The first-order valence-electron chi connectivity index (χ1n) is 9.45. The molecule has 0 atom stereocenters. The Labute approximate surface area is 184 Å². The van der Waals surface area contributed by atoms with Gasteiger partial charge in [-0.3, -0.25) is 19.8 Å². The number of anilines is 1. The van der Waals surface area contributed by atoms with Crippen LogP contribution in [0.1, 0.15) is 27.9 Å². The maximum absolute atomic E-state index is 13.4. The SMILES string of the molecule is Cc1cc(C)c2nc(N(CCCN(C)C)C(=O)c3cc(Cl)ccc3[N+](=O)[O-])sc2c1. The zero-order chi connectivity index (χ0) is 22.0. The number of carbonyl (C=O) groups is 1. The highest BCUT2D eigenvalue weighted by molar-refractivity contribution is 7.22. The first-order valence-corrected chi connectivity index (χ1v) is 10.6. The van der Waals surface area contributed by atoms with E-state index in [4.69, 9.17) is 16.6 Å². The zero-order valence-corrected chi connectivity index (χ0v) is 18.9. The molecule has 2 aromatic carbocycles. The molecule has 7 nitrogen and oxygen atoms in total. The molecule has 1 amide bonds. The monoisotopic (exact) mass is 446 g/mol. The number of aryl methyl sites for hydroxylation is 2. The van der Waals surface area contributed by atoms with E-state index in [-0.39, 0.29) is 16.3 Å². The number of nitro benzene ring substituents is 1. The third kappa shape index (κ3) is 4.77. The molecule has 0 aliphatic rings. The van der Waals surface area contributed by atoms with Crippen LogP contribution >= 0.6 is 22.9 Å². The van der Waals surface area contributed by atoms with E-state index in [9.17, 15) is 14.9 Å². The molecular weight excluding hydrogens is 424 g/mol. The Morgan fingerprint density at radius 1 is 1.20 bits per heavy atom. The van der Waals surface area contributed by atoms with Gasteiger partial charge in [-0.15, -0.1) is 0 Å². The molecule has 0 radical (unpaired) electrons. The minimum atomic E-state index is -0.562. The summed E-state index contributed by atoms with van der Waals surface area (Å²) in [6.07, 6.45) is 0.695. The van der Waals surface area contributed by atoms with Gasteiger partial charge in [0.05, 0.1) is 15.1 Å². The standard InChI is InChI=1S/C21H23ClN4O3S/c1-13-10-14(2)19-18(11-13)30-21(23-19)25(9-5-8-24(3)4)20(27)16-12-15(22)6-7-17(16)26(28)29/h6-7,10-12H,5,8-9H2,1-4H3. The predicted octanol–water partition coefficient (Wildman–Crippen LogP) is 5.07. The second-order valence-corrected chi connectivity index (χ2v) is 8.90. The smallest absolute Gasteiger partial charge is 0.282 e. The van der Waals surface area contributed by atoms with Crippen LogP contribution in [-0.2, 0) is 0 Å². The van der Waals surface area contributed by atoms with Crippen molar-refractivity contribution in [3.05, 3.63) is 62.2 Å².